The van der Waals surface area contributed by atoms with E-state index in [0.717, 1.165) is 37.6 Å². The maximum atomic E-state index is 12.8. The molecule has 1 atom stereocenters. The molecule has 5 heteroatoms. The van der Waals surface area contributed by atoms with E-state index < -0.39 is 0 Å². The van der Waals surface area contributed by atoms with Crippen molar-refractivity contribution in [3.8, 4) is 5.75 Å². The lowest BCUT2D eigenvalue weighted by atomic mass is 10.1. The van der Waals surface area contributed by atoms with Gasteiger partial charge in [0.25, 0.3) is 0 Å². The van der Waals surface area contributed by atoms with Gasteiger partial charge in [-0.1, -0.05) is 0 Å². The molecule has 3 rings (SSSR count). The number of likely N-dealkylation sites (tertiary alicyclic amines) is 1. The van der Waals surface area contributed by atoms with Crippen LogP contribution in [0.25, 0.3) is 0 Å². The minimum atomic E-state index is -0.243. The number of halogens is 1. The number of aryl methyl sites for hydroxylation is 1. The summed E-state index contributed by atoms with van der Waals surface area (Å²) in [7, 11) is 0. The van der Waals surface area contributed by atoms with Crippen molar-refractivity contribution in [3.63, 3.8) is 0 Å². The smallest absolute Gasteiger partial charge is 0.132 e. The van der Waals surface area contributed by atoms with Crippen LogP contribution in [0, 0.1) is 12.7 Å². The van der Waals surface area contributed by atoms with Crippen LogP contribution in [0.15, 0.2) is 36.5 Å². The largest absolute Gasteiger partial charge is 0.492 e. The molecule has 1 aliphatic rings. The predicted octanol–water partition coefficient (Wildman–Crippen LogP) is 2.79. The third kappa shape index (κ3) is 3.80. The molecule has 0 bridgehead atoms. The van der Waals surface area contributed by atoms with Gasteiger partial charge < -0.3 is 4.74 Å². The van der Waals surface area contributed by atoms with Gasteiger partial charge in [-0.05, 0) is 50.2 Å². The van der Waals surface area contributed by atoms with Gasteiger partial charge in [0.1, 0.15) is 24.0 Å². The first-order valence-corrected chi connectivity index (χ1v) is 7.61. The van der Waals surface area contributed by atoms with Crippen LogP contribution in [-0.2, 0) is 0 Å². The van der Waals surface area contributed by atoms with E-state index in [2.05, 4.69) is 14.9 Å². The van der Waals surface area contributed by atoms with Crippen LogP contribution >= 0.6 is 0 Å². The van der Waals surface area contributed by atoms with Crippen LogP contribution in [0.3, 0.4) is 0 Å². The van der Waals surface area contributed by atoms with Crippen molar-refractivity contribution in [2.24, 2.45) is 0 Å². The Morgan fingerprint density at radius 3 is 2.86 bits per heavy atom. The highest BCUT2D eigenvalue weighted by Crippen LogP contribution is 2.24. The van der Waals surface area contributed by atoms with Gasteiger partial charge in [0, 0.05) is 30.9 Å². The average Bonchev–Trinajstić information content (AvgIpc) is 2.98. The highest BCUT2D eigenvalue weighted by molar-refractivity contribution is 5.22. The van der Waals surface area contributed by atoms with Crippen molar-refractivity contribution >= 4 is 0 Å². The molecule has 0 unspecified atom stereocenters. The second-order valence-corrected chi connectivity index (χ2v) is 5.64. The molecule has 2 heterocycles. The Hall–Kier alpha value is -2.01. The SMILES string of the molecule is Cc1ccnc([C@@H]2CCN(CCOc3ccc(F)cc3)C2)n1. The van der Waals surface area contributed by atoms with Crippen LogP contribution in [-0.4, -0.2) is 41.1 Å². The molecule has 1 fully saturated rings. The Balaban J connectivity index is 1.46. The number of rotatable bonds is 5. The molecule has 1 saturated heterocycles. The molecule has 4 nitrogen and oxygen atoms in total. The summed E-state index contributed by atoms with van der Waals surface area (Å²) in [6.45, 7) is 5.46. The number of hydrogen-bond acceptors (Lipinski definition) is 4. The predicted molar refractivity (Wildman–Crippen MR) is 82.5 cm³/mol. The molecule has 22 heavy (non-hydrogen) atoms. The standard InChI is InChI=1S/C17H20FN3O/c1-13-6-8-19-17(20-13)14-7-9-21(12-14)10-11-22-16-4-2-15(18)3-5-16/h2-6,8,14H,7,9-12H2,1H3/t14-/m1/s1. The molecular formula is C17H20FN3O. The fourth-order valence-electron chi connectivity index (χ4n) is 2.73. The summed E-state index contributed by atoms with van der Waals surface area (Å²) in [6.07, 6.45) is 2.91. The molecule has 0 spiro atoms. The molecule has 1 aromatic heterocycles. The van der Waals surface area contributed by atoms with Gasteiger partial charge >= 0.3 is 0 Å². The fourth-order valence-corrected chi connectivity index (χ4v) is 2.73. The van der Waals surface area contributed by atoms with Crippen LogP contribution in [0.2, 0.25) is 0 Å². The van der Waals surface area contributed by atoms with Crippen molar-refractivity contribution in [2.75, 3.05) is 26.2 Å². The van der Waals surface area contributed by atoms with Crippen LogP contribution < -0.4 is 4.74 Å². The normalized spacial score (nSPS) is 18.5. The first-order valence-electron chi connectivity index (χ1n) is 7.61. The number of aromatic nitrogens is 2. The maximum absolute atomic E-state index is 12.8. The number of nitrogens with zero attached hydrogens (tertiary/aromatic N) is 3. The Morgan fingerprint density at radius 2 is 2.09 bits per heavy atom. The van der Waals surface area contributed by atoms with E-state index in [9.17, 15) is 4.39 Å². The second kappa shape index (κ2) is 6.83. The Labute approximate surface area is 130 Å². The lowest BCUT2D eigenvalue weighted by Crippen LogP contribution is -2.26. The third-order valence-electron chi connectivity index (χ3n) is 3.94. The highest BCUT2D eigenvalue weighted by Gasteiger charge is 2.25. The molecule has 0 amide bonds. The van der Waals surface area contributed by atoms with Crippen LogP contribution in [0.1, 0.15) is 23.9 Å². The zero-order chi connectivity index (χ0) is 15.4. The van der Waals surface area contributed by atoms with E-state index in [1.165, 1.54) is 12.1 Å². The summed E-state index contributed by atoms with van der Waals surface area (Å²) < 4.78 is 18.5. The highest BCUT2D eigenvalue weighted by atomic mass is 19.1. The number of ether oxygens (including phenoxy) is 1. The Kier molecular flexibility index (Phi) is 4.63. The lowest BCUT2D eigenvalue weighted by molar-refractivity contribution is 0.235. The zero-order valence-electron chi connectivity index (χ0n) is 12.7. The monoisotopic (exact) mass is 301 g/mol. The summed E-state index contributed by atoms with van der Waals surface area (Å²) >= 11 is 0. The molecule has 0 radical (unpaired) electrons. The number of hydrogen-bond donors (Lipinski definition) is 0. The molecule has 116 valence electrons. The maximum Gasteiger partial charge on any atom is 0.132 e. The van der Waals surface area contributed by atoms with Gasteiger partial charge in [0.15, 0.2) is 0 Å². The Bertz CT molecular complexity index is 618. The Morgan fingerprint density at radius 1 is 1.27 bits per heavy atom. The van der Waals surface area contributed by atoms with E-state index in [-0.39, 0.29) is 5.82 Å². The molecule has 0 N–H and O–H groups in total. The summed E-state index contributed by atoms with van der Waals surface area (Å²) in [5, 5.41) is 0. The molecule has 0 saturated carbocycles. The summed E-state index contributed by atoms with van der Waals surface area (Å²) in [4.78, 5) is 11.3. The van der Waals surface area contributed by atoms with Gasteiger partial charge in [-0.15, -0.1) is 0 Å². The van der Waals surface area contributed by atoms with Gasteiger partial charge in [0.05, 0.1) is 0 Å². The number of benzene rings is 1. The van der Waals surface area contributed by atoms with Gasteiger partial charge in [-0.3, -0.25) is 4.90 Å². The third-order valence-corrected chi connectivity index (χ3v) is 3.94. The summed E-state index contributed by atoms with van der Waals surface area (Å²) in [6, 6.07) is 8.06. The van der Waals surface area contributed by atoms with E-state index in [1.54, 1.807) is 12.1 Å². The van der Waals surface area contributed by atoms with Crippen molar-refractivity contribution < 1.29 is 9.13 Å². The van der Waals surface area contributed by atoms with Crippen LogP contribution in [0.5, 0.6) is 5.75 Å². The summed E-state index contributed by atoms with van der Waals surface area (Å²) in [5.74, 6) is 1.82. The van der Waals surface area contributed by atoms with Crippen molar-refractivity contribution in [3.05, 3.63) is 53.9 Å². The average molecular weight is 301 g/mol. The van der Waals surface area contributed by atoms with Crippen molar-refractivity contribution in [1.29, 1.82) is 0 Å². The van der Waals surface area contributed by atoms with Gasteiger partial charge in [-0.2, -0.15) is 0 Å². The van der Waals surface area contributed by atoms with Crippen LogP contribution in [0.4, 0.5) is 4.39 Å². The molecule has 1 aliphatic heterocycles. The van der Waals surface area contributed by atoms with Gasteiger partial charge in [0.2, 0.25) is 0 Å². The first-order chi connectivity index (χ1) is 10.7. The minimum absolute atomic E-state index is 0.243. The fraction of sp³-hybridized carbons (Fsp3) is 0.412. The molecular weight excluding hydrogens is 281 g/mol. The van der Waals surface area contributed by atoms with E-state index in [1.807, 2.05) is 19.2 Å². The minimum Gasteiger partial charge on any atom is -0.492 e. The van der Waals surface area contributed by atoms with E-state index in [4.69, 9.17) is 4.74 Å². The van der Waals surface area contributed by atoms with E-state index in [0.29, 0.717) is 18.3 Å². The quantitative estimate of drug-likeness (QED) is 0.851. The topological polar surface area (TPSA) is 38.2 Å². The molecule has 2 aromatic rings. The first kappa shape index (κ1) is 14.9. The van der Waals surface area contributed by atoms with Crippen molar-refractivity contribution in [1.82, 2.24) is 14.9 Å². The van der Waals surface area contributed by atoms with Crippen molar-refractivity contribution in [2.45, 2.75) is 19.3 Å². The zero-order valence-corrected chi connectivity index (χ0v) is 12.7. The molecule has 1 aromatic carbocycles. The van der Waals surface area contributed by atoms with Gasteiger partial charge in [-0.25, -0.2) is 14.4 Å². The lowest BCUT2D eigenvalue weighted by Gasteiger charge is -2.16. The molecule has 0 aliphatic carbocycles. The van der Waals surface area contributed by atoms with E-state index >= 15 is 0 Å². The summed E-state index contributed by atoms with van der Waals surface area (Å²) in [5.41, 5.74) is 1.02. The second-order valence-electron chi connectivity index (χ2n) is 5.64.